The molecule has 1 aliphatic heterocycles. The molecule has 0 aliphatic carbocycles. The van der Waals surface area contributed by atoms with E-state index >= 15 is 0 Å². The summed E-state index contributed by atoms with van der Waals surface area (Å²) < 4.78 is 13.6. The molecule has 0 saturated heterocycles. The monoisotopic (exact) mass is 289 g/mol. The maximum atomic E-state index is 5.67. The lowest BCUT2D eigenvalue weighted by molar-refractivity contribution is 0.172. The van der Waals surface area contributed by atoms with Crippen LogP contribution in [0.5, 0.6) is 11.5 Å². The normalized spacial score (nSPS) is 13.8. The Morgan fingerprint density at radius 3 is 2.62 bits per heavy atom. The van der Waals surface area contributed by atoms with Gasteiger partial charge in [-0.2, -0.15) is 0 Å². The van der Waals surface area contributed by atoms with Crippen molar-refractivity contribution in [3.8, 4) is 11.5 Å². The predicted octanol–water partition coefficient (Wildman–Crippen LogP) is 2.50. The van der Waals surface area contributed by atoms with Gasteiger partial charge in [0.15, 0.2) is 11.5 Å². The van der Waals surface area contributed by atoms with E-state index in [-0.39, 0.29) is 0 Å². The van der Waals surface area contributed by atoms with Gasteiger partial charge < -0.3 is 19.8 Å². The van der Waals surface area contributed by atoms with Crippen molar-refractivity contribution in [2.75, 3.05) is 19.8 Å². The number of unbranched alkanes of at least 4 members (excludes halogenated alkanes) is 2. The molecule has 0 amide bonds. The molecule has 2 N–H and O–H groups in total. The molecule has 2 heterocycles. The van der Waals surface area contributed by atoms with Gasteiger partial charge in [0, 0.05) is 25.1 Å². The van der Waals surface area contributed by atoms with Gasteiger partial charge >= 0.3 is 0 Å². The van der Waals surface area contributed by atoms with E-state index in [1.807, 2.05) is 6.07 Å². The molecule has 0 radical (unpaired) electrons. The molecule has 3 rings (SSSR count). The highest BCUT2D eigenvalue weighted by Crippen LogP contribution is 2.34. The van der Waals surface area contributed by atoms with Gasteiger partial charge in [-0.25, -0.2) is 4.98 Å². The Bertz CT molecular complexity index is 621. The zero-order chi connectivity index (χ0) is 14.7. The number of nitrogens with two attached hydrogens (primary N) is 1. The van der Waals surface area contributed by atoms with Gasteiger partial charge in [0.2, 0.25) is 0 Å². The van der Waals surface area contributed by atoms with Crippen molar-refractivity contribution < 1.29 is 9.47 Å². The zero-order valence-corrected chi connectivity index (χ0v) is 12.6. The first-order valence-electron chi connectivity index (χ1n) is 7.82. The Morgan fingerprint density at radius 2 is 1.90 bits per heavy atom. The van der Waals surface area contributed by atoms with Crippen molar-refractivity contribution in [2.45, 2.75) is 39.2 Å². The molecule has 1 aromatic carbocycles. The smallest absolute Gasteiger partial charge is 0.163 e. The number of rotatable bonds is 6. The second-order valence-corrected chi connectivity index (χ2v) is 5.36. The molecule has 0 bridgehead atoms. The van der Waals surface area contributed by atoms with Crippen LogP contribution in [0.15, 0.2) is 12.1 Å². The summed E-state index contributed by atoms with van der Waals surface area (Å²) in [6.07, 6.45) is 4.37. The largest absolute Gasteiger partial charge is 0.486 e. The van der Waals surface area contributed by atoms with Crippen LogP contribution in [0, 0.1) is 0 Å². The van der Waals surface area contributed by atoms with Crippen LogP contribution >= 0.6 is 0 Å². The molecule has 0 unspecified atom stereocenters. The Hall–Kier alpha value is -1.75. The van der Waals surface area contributed by atoms with Crippen LogP contribution in [0.1, 0.15) is 32.0 Å². The summed E-state index contributed by atoms with van der Waals surface area (Å²) in [4.78, 5) is 4.79. The minimum absolute atomic E-state index is 0.610. The quantitative estimate of drug-likeness (QED) is 0.830. The molecule has 0 saturated carbocycles. The van der Waals surface area contributed by atoms with E-state index in [2.05, 4.69) is 17.6 Å². The lowest BCUT2D eigenvalue weighted by Gasteiger charge is -2.18. The van der Waals surface area contributed by atoms with E-state index in [9.17, 15) is 0 Å². The number of benzene rings is 1. The molecule has 0 fully saturated rings. The molecule has 0 atom stereocenters. The van der Waals surface area contributed by atoms with E-state index < -0.39 is 0 Å². The fraction of sp³-hybridized carbons (Fsp3) is 0.562. The van der Waals surface area contributed by atoms with Crippen molar-refractivity contribution in [2.24, 2.45) is 5.73 Å². The van der Waals surface area contributed by atoms with Gasteiger partial charge in [0.1, 0.15) is 19.0 Å². The third-order valence-corrected chi connectivity index (χ3v) is 3.91. The molecule has 1 aromatic heterocycles. The van der Waals surface area contributed by atoms with E-state index in [4.69, 9.17) is 20.2 Å². The first-order valence-corrected chi connectivity index (χ1v) is 7.82. The Morgan fingerprint density at radius 1 is 1.14 bits per heavy atom. The van der Waals surface area contributed by atoms with Crippen LogP contribution < -0.4 is 15.2 Å². The topological polar surface area (TPSA) is 62.3 Å². The molecule has 2 aromatic rings. The molecule has 5 heteroatoms. The Balaban J connectivity index is 1.90. The van der Waals surface area contributed by atoms with Crippen LogP contribution in [0.3, 0.4) is 0 Å². The predicted molar refractivity (Wildman–Crippen MR) is 83.0 cm³/mol. The summed E-state index contributed by atoms with van der Waals surface area (Å²) >= 11 is 0. The third kappa shape index (κ3) is 2.83. The SMILES string of the molecule is CCn1c(CCCCCN)nc2cc3c(cc21)OCCO3. The summed E-state index contributed by atoms with van der Waals surface area (Å²) in [5, 5.41) is 0. The van der Waals surface area contributed by atoms with Crippen LogP contribution in [-0.4, -0.2) is 29.3 Å². The van der Waals surface area contributed by atoms with Crippen molar-refractivity contribution in [1.29, 1.82) is 0 Å². The highest BCUT2D eigenvalue weighted by molar-refractivity contribution is 5.80. The minimum atomic E-state index is 0.610. The average molecular weight is 289 g/mol. The number of hydrogen-bond acceptors (Lipinski definition) is 4. The summed E-state index contributed by atoms with van der Waals surface area (Å²) in [5.41, 5.74) is 7.68. The van der Waals surface area contributed by atoms with Crippen LogP contribution in [-0.2, 0) is 13.0 Å². The zero-order valence-electron chi connectivity index (χ0n) is 12.6. The molecular weight excluding hydrogens is 266 g/mol. The second kappa shape index (κ2) is 6.35. The van der Waals surface area contributed by atoms with Crippen molar-refractivity contribution in [3.05, 3.63) is 18.0 Å². The number of nitrogens with zero attached hydrogens (tertiary/aromatic N) is 2. The highest BCUT2D eigenvalue weighted by atomic mass is 16.6. The summed E-state index contributed by atoms with van der Waals surface area (Å²) in [6, 6.07) is 4.06. The number of imidazole rings is 1. The van der Waals surface area contributed by atoms with E-state index in [1.54, 1.807) is 0 Å². The standard InChI is InChI=1S/C16H23N3O2/c1-2-19-13-11-15-14(20-8-9-21-15)10-12(13)18-16(19)6-4-3-5-7-17/h10-11H,2-9,17H2,1H3. The lowest BCUT2D eigenvalue weighted by Crippen LogP contribution is -2.15. The Kier molecular flexibility index (Phi) is 4.29. The average Bonchev–Trinajstić information content (AvgIpc) is 2.85. The van der Waals surface area contributed by atoms with Gasteiger partial charge in [-0.05, 0) is 26.3 Å². The minimum Gasteiger partial charge on any atom is -0.486 e. The van der Waals surface area contributed by atoms with Crippen LogP contribution in [0.25, 0.3) is 11.0 Å². The van der Waals surface area contributed by atoms with E-state index in [1.165, 1.54) is 0 Å². The first-order chi connectivity index (χ1) is 10.3. The van der Waals surface area contributed by atoms with Gasteiger partial charge in [-0.3, -0.25) is 0 Å². The summed E-state index contributed by atoms with van der Waals surface area (Å²) in [7, 11) is 0. The van der Waals surface area contributed by atoms with Crippen molar-refractivity contribution in [3.63, 3.8) is 0 Å². The van der Waals surface area contributed by atoms with Gasteiger partial charge in [0.25, 0.3) is 0 Å². The molecule has 21 heavy (non-hydrogen) atoms. The summed E-state index contributed by atoms with van der Waals surface area (Å²) in [5.74, 6) is 2.79. The van der Waals surface area contributed by atoms with Gasteiger partial charge in [0.05, 0.1) is 11.0 Å². The van der Waals surface area contributed by atoms with Gasteiger partial charge in [-0.15, -0.1) is 0 Å². The van der Waals surface area contributed by atoms with Crippen molar-refractivity contribution in [1.82, 2.24) is 9.55 Å². The molecule has 1 aliphatic rings. The van der Waals surface area contributed by atoms with Crippen LogP contribution in [0.2, 0.25) is 0 Å². The number of ether oxygens (including phenoxy) is 2. The van der Waals surface area contributed by atoms with E-state index in [0.29, 0.717) is 13.2 Å². The third-order valence-electron chi connectivity index (χ3n) is 3.91. The second-order valence-electron chi connectivity index (χ2n) is 5.36. The number of hydrogen-bond donors (Lipinski definition) is 1. The molecule has 5 nitrogen and oxygen atoms in total. The lowest BCUT2D eigenvalue weighted by atomic mass is 10.2. The number of aryl methyl sites for hydroxylation is 2. The Labute approximate surface area is 125 Å². The fourth-order valence-electron chi connectivity index (χ4n) is 2.86. The van der Waals surface area contributed by atoms with Crippen molar-refractivity contribution >= 4 is 11.0 Å². The number of aromatic nitrogens is 2. The highest BCUT2D eigenvalue weighted by Gasteiger charge is 2.17. The van der Waals surface area contributed by atoms with Crippen LogP contribution in [0.4, 0.5) is 0 Å². The summed E-state index contributed by atoms with van der Waals surface area (Å²) in [6.45, 7) is 5.07. The first kappa shape index (κ1) is 14.2. The molecule has 114 valence electrons. The number of fused-ring (bicyclic) bond motifs is 2. The fourth-order valence-corrected chi connectivity index (χ4v) is 2.86. The van der Waals surface area contributed by atoms with Gasteiger partial charge in [-0.1, -0.05) is 6.42 Å². The maximum Gasteiger partial charge on any atom is 0.163 e. The van der Waals surface area contributed by atoms with E-state index in [0.717, 1.165) is 67.1 Å². The molecule has 0 spiro atoms. The molecular formula is C16H23N3O2. The maximum absolute atomic E-state index is 5.67.